The SMILES string of the molecule is NC(=O)C1CCC(n2c(Nc3c(F)cc(Cl)cc3Cl)nc3cnc(NC4COCC4O)nc32)CC1. The fourth-order valence-electron chi connectivity index (χ4n) is 4.63. The number of carbonyl (C=O) groups excluding carboxylic acids is 1. The van der Waals surface area contributed by atoms with Gasteiger partial charge in [0.2, 0.25) is 17.8 Å². The minimum Gasteiger partial charge on any atom is -0.388 e. The molecule has 2 atom stereocenters. The van der Waals surface area contributed by atoms with E-state index >= 15 is 0 Å². The topological polar surface area (TPSA) is 140 Å². The van der Waals surface area contributed by atoms with E-state index in [1.54, 1.807) is 6.20 Å². The minimum absolute atomic E-state index is 0.0379. The number of imidazole rings is 1. The van der Waals surface area contributed by atoms with E-state index in [1.165, 1.54) is 6.07 Å². The highest BCUT2D eigenvalue weighted by Crippen LogP contribution is 2.38. The number of amides is 1. The van der Waals surface area contributed by atoms with Gasteiger partial charge in [0.1, 0.15) is 11.3 Å². The molecule has 0 radical (unpaired) electrons. The lowest BCUT2D eigenvalue weighted by Crippen LogP contribution is -2.32. The van der Waals surface area contributed by atoms with Crippen LogP contribution in [0.1, 0.15) is 31.7 Å². The molecule has 5 rings (SSSR count). The molecule has 10 nitrogen and oxygen atoms in total. The summed E-state index contributed by atoms with van der Waals surface area (Å²) in [6.07, 6.45) is 3.45. The Bertz CT molecular complexity index is 1240. The van der Waals surface area contributed by atoms with Gasteiger partial charge in [-0.05, 0) is 37.8 Å². The van der Waals surface area contributed by atoms with E-state index in [0.29, 0.717) is 55.4 Å². The van der Waals surface area contributed by atoms with Gasteiger partial charge in [-0.25, -0.2) is 14.4 Å². The van der Waals surface area contributed by atoms with Gasteiger partial charge in [-0.3, -0.25) is 9.36 Å². The van der Waals surface area contributed by atoms with E-state index in [-0.39, 0.29) is 46.2 Å². The van der Waals surface area contributed by atoms with Crippen molar-refractivity contribution in [2.45, 2.75) is 43.9 Å². The first-order chi connectivity index (χ1) is 16.8. The molecule has 2 aromatic heterocycles. The van der Waals surface area contributed by atoms with Crippen LogP contribution in [0.4, 0.5) is 22.0 Å². The number of halogens is 3. The zero-order chi connectivity index (χ0) is 24.7. The Balaban J connectivity index is 1.54. The maximum Gasteiger partial charge on any atom is 0.225 e. The molecule has 2 fully saturated rings. The Morgan fingerprint density at radius 1 is 1.20 bits per heavy atom. The fourth-order valence-corrected chi connectivity index (χ4v) is 5.15. The van der Waals surface area contributed by atoms with Crippen LogP contribution in [0.15, 0.2) is 18.3 Å². The quantitative estimate of drug-likeness (QED) is 0.385. The molecule has 0 spiro atoms. The number of aliphatic hydroxyl groups is 1. The highest BCUT2D eigenvalue weighted by molar-refractivity contribution is 6.36. The summed E-state index contributed by atoms with van der Waals surface area (Å²) in [5.74, 6) is -0.473. The summed E-state index contributed by atoms with van der Waals surface area (Å²) >= 11 is 12.2. The molecule has 2 unspecified atom stereocenters. The zero-order valence-corrected chi connectivity index (χ0v) is 20.1. The van der Waals surface area contributed by atoms with E-state index in [0.717, 1.165) is 6.07 Å². The molecule has 3 heterocycles. The van der Waals surface area contributed by atoms with Crippen LogP contribution in [0.5, 0.6) is 0 Å². The normalized spacial score (nSPS) is 24.6. The number of nitrogens with zero attached hydrogens (tertiary/aromatic N) is 4. The second-order valence-electron chi connectivity index (χ2n) is 8.84. The average molecular weight is 524 g/mol. The number of rotatable bonds is 6. The summed E-state index contributed by atoms with van der Waals surface area (Å²) in [5, 5.41) is 16.5. The van der Waals surface area contributed by atoms with Crippen molar-refractivity contribution in [2.24, 2.45) is 11.7 Å². The number of nitrogens with one attached hydrogen (secondary N) is 2. The summed E-state index contributed by atoms with van der Waals surface area (Å²) in [6, 6.07) is 2.19. The van der Waals surface area contributed by atoms with Crippen LogP contribution >= 0.6 is 23.2 Å². The first-order valence-electron chi connectivity index (χ1n) is 11.3. The molecule has 2 aliphatic rings. The van der Waals surface area contributed by atoms with E-state index in [2.05, 4.69) is 25.6 Å². The molecule has 3 aromatic rings. The number of hydrogen-bond acceptors (Lipinski definition) is 8. The number of aromatic nitrogens is 4. The largest absolute Gasteiger partial charge is 0.388 e. The molecule has 0 bridgehead atoms. The first-order valence-corrected chi connectivity index (χ1v) is 12.0. The molecule has 13 heteroatoms. The number of nitrogens with two attached hydrogens (primary N) is 1. The standard InChI is InChI=1S/C22H24Cl2FN7O3/c23-11-5-13(24)18(14(25)6-11)30-22-29-15-7-27-21(28-16-8-35-9-17(16)33)31-20(15)32(22)12-3-1-10(2-4-12)19(26)34/h5-7,10,12,16-17,33H,1-4,8-9H2,(H2,26,34)(H,29,30)(H,27,28,31). The Morgan fingerprint density at radius 3 is 2.63 bits per heavy atom. The second kappa shape index (κ2) is 9.73. The van der Waals surface area contributed by atoms with Crippen molar-refractivity contribution in [3.05, 3.63) is 34.2 Å². The molecule has 5 N–H and O–H groups in total. The molecule has 1 saturated carbocycles. The molecular formula is C22H24Cl2FN7O3. The Kier molecular flexibility index (Phi) is 6.67. The van der Waals surface area contributed by atoms with Crippen LogP contribution in [0.2, 0.25) is 10.0 Å². The molecule has 186 valence electrons. The van der Waals surface area contributed by atoms with E-state index < -0.39 is 11.9 Å². The lowest BCUT2D eigenvalue weighted by molar-refractivity contribution is -0.122. The fraction of sp³-hybridized carbons (Fsp3) is 0.455. The van der Waals surface area contributed by atoms with Gasteiger partial charge < -0.3 is 26.2 Å². The maximum atomic E-state index is 14.7. The molecule has 1 aliphatic heterocycles. The lowest BCUT2D eigenvalue weighted by Gasteiger charge is -2.29. The van der Waals surface area contributed by atoms with Gasteiger partial charge in [-0.2, -0.15) is 4.98 Å². The van der Waals surface area contributed by atoms with Crippen molar-refractivity contribution < 1.29 is 19.0 Å². The highest BCUT2D eigenvalue weighted by Gasteiger charge is 2.30. The second-order valence-corrected chi connectivity index (χ2v) is 9.68. The summed E-state index contributed by atoms with van der Waals surface area (Å²) in [5.41, 5.74) is 6.56. The summed E-state index contributed by atoms with van der Waals surface area (Å²) in [4.78, 5) is 25.3. The third-order valence-electron chi connectivity index (χ3n) is 6.51. The molecular weight excluding hydrogens is 500 g/mol. The number of benzene rings is 1. The molecule has 1 aliphatic carbocycles. The minimum atomic E-state index is -0.671. The number of hydrogen-bond donors (Lipinski definition) is 4. The first kappa shape index (κ1) is 24.0. The molecule has 35 heavy (non-hydrogen) atoms. The van der Waals surface area contributed by atoms with Gasteiger partial charge in [-0.1, -0.05) is 23.2 Å². The van der Waals surface area contributed by atoms with Crippen molar-refractivity contribution in [3.8, 4) is 0 Å². The van der Waals surface area contributed by atoms with Gasteiger partial charge in [-0.15, -0.1) is 0 Å². The number of ether oxygens (including phenoxy) is 1. The van der Waals surface area contributed by atoms with E-state index in [4.69, 9.17) is 33.7 Å². The summed E-state index contributed by atoms with van der Waals surface area (Å²) in [7, 11) is 0. The van der Waals surface area contributed by atoms with Crippen LogP contribution in [0.3, 0.4) is 0 Å². The van der Waals surface area contributed by atoms with Crippen LogP contribution in [-0.4, -0.2) is 55.9 Å². The van der Waals surface area contributed by atoms with Crippen molar-refractivity contribution in [1.29, 1.82) is 0 Å². The molecule has 1 amide bonds. The van der Waals surface area contributed by atoms with Crippen LogP contribution in [-0.2, 0) is 9.53 Å². The predicted octanol–water partition coefficient (Wildman–Crippen LogP) is 3.40. The smallest absolute Gasteiger partial charge is 0.225 e. The van der Waals surface area contributed by atoms with Crippen molar-refractivity contribution in [3.63, 3.8) is 0 Å². The Hall–Kier alpha value is -2.73. The number of primary amides is 1. The van der Waals surface area contributed by atoms with Crippen molar-refractivity contribution in [1.82, 2.24) is 19.5 Å². The van der Waals surface area contributed by atoms with Crippen LogP contribution < -0.4 is 16.4 Å². The van der Waals surface area contributed by atoms with Gasteiger partial charge in [0.15, 0.2) is 5.65 Å². The van der Waals surface area contributed by atoms with E-state index in [9.17, 15) is 14.3 Å². The number of aliphatic hydroxyl groups excluding tert-OH is 1. The van der Waals surface area contributed by atoms with Gasteiger partial charge in [0.05, 0.1) is 42.3 Å². The molecule has 1 aromatic carbocycles. The van der Waals surface area contributed by atoms with E-state index in [1.807, 2.05) is 4.57 Å². The summed E-state index contributed by atoms with van der Waals surface area (Å²) < 4.78 is 21.9. The van der Waals surface area contributed by atoms with Crippen LogP contribution in [0, 0.1) is 11.7 Å². The summed E-state index contributed by atoms with van der Waals surface area (Å²) in [6.45, 7) is 0.572. The average Bonchev–Trinajstić information content (AvgIpc) is 3.38. The lowest BCUT2D eigenvalue weighted by atomic mass is 9.85. The third-order valence-corrected chi connectivity index (χ3v) is 7.02. The van der Waals surface area contributed by atoms with Gasteiger partial charge >= 0.3 is 0 Å². The van der Waals surface area contributed by atoms with Crippen molar-refractivity contribution in [2.75, 3.05) is 23.8 Å². The Morgan fingerprint density at radius 2 is 1.97 bits per heavy atom. The Labute approximate surface area is 210 Å². The van der Waals surface area contributed by atoms with Gasteiger partial charge in [0.25, 0.3) is 0 Å². The number of fused-ring (bicyclic) bond motifs is 1. The van der Waals surface area contributed by atoms with Crippen LogP contribution in [0.25, 0.3) is 11.2 Å². The van der Waals surface area contributed by atoms with Crippen molar-refractivity contribution >= 4 is 57.9 Å². The third kappa shape index (κ3) is 4.86. The molecule has 1 saturated heterocycles. The maximum absolute atomic E-state index is 14.7. The van der Waals surface area contributed by atoms with Gasteiger partial charge in [0, 0.05) is 17.0 Å². The monoisotopic (exact) mass is 523 g/mol. The zero-order valence-electron chi connectivity index (χ0n) is 18.5. The highest BCUT2D eigenvalue weighted by atomic mass is 35.5. The predicted molar refractivity (Wildman–Crippen MR) is 129 cm³/mol. The number of carbonyl (C=O) groups is 1. The number of anilines is 3.